The molecule has 1 heterocycles. The van der Waals surface area contributed by atoms with Gasteiger partial charge in [-0.05, 0) is 35.9 Å². The summed E-state index contributed by atoms with van der Waals surface area (Å²) < 4.78 is 6.63. The van der Waals surface area contributed by atoms with Crippen LogP contribution in [0.25, 0.3) is 11.3 Å². The monoisotopic (exact) mass is 394 g/mol. The predicted molar refractivity (Wildman–Crippen MR) is 101 cm³/mol. The number of aromatic nitrogens is 2. The summed E-state index contributed by atoms with van der Waals surface area (Å²) in [5, 5.41) is 1.03. The van der Waals surface area contributed by atoms with Crippen molar-refractivity contribution in [2.45, 2.75) is 6.54 Å². The summed E-state index contributed by atoms with van der Waals surface area (Å²) >= 11 is 18.2. The predicted octanol–water partition coefficient (Wildman–Crippen LogP) is 4.93. The summed E-state index contributed by atoms with van der Waals surface area (Å²) in [4.78, 5) is 17.0. The summed E-state index contributed by atoms with van der Waals surface area (Å²) in [6.45, 7) is 0.350. The highest BCUT2D eigenvalue weighted by Crippen LogP contribution is 2.28. The molecule has 128 valence electrons. The van der Waals surface area contributed by atoms with Crippen molar-refractivity contribution >= 4 is 34.8 Å². The quantitative estimate of drug-likeness (QED) is 0.629. The van der Waals surface area contributed by atoms with E-state index in [1.807, 2.05) is 24.3 Å². The van der Waals surface area contributed by atoms with Crippen LogP contribution in [-0.4, -0.2) is 16.7 Å². The van der Waals surface area contributed by atoms with E-state index in [0.717, 1.165) is 11.3 Å². The second kappa shape index (κ2) is 7.48. The maximum atomic E-state index is 12.8. The molecule has 0 radical (unpaired) electrons. The Balaban J connectivity index is 2.03. The SMILES string of the molecule is COc1ccc(Cn2cc(Cl)nc(-c3ccc(Cl)cc3Cl)c2=O)cc1. The van der Waals surface area contributed by atoms with Crippen LogP contribution in [0.2, 0.25) is 15.2 Å². The molecule has 0 unspecified atom stereocenters. The van der Waals surface area contributed by atoms with Gasteiger partial charge in [0.05, 0.1) is 18.7 Å². The van der Waals surface area contributed by atoms with Crippen LogP contribution in [-0.2, 0) is 6.54 Å². The van der Waals surface area contributed by atoms with Gasteiger partial charge in [-0.15, -0.1) is 0 Å². The van der Waals surface area contributed by atoms with E-state index in [2.05, 4.69) is 4.98 Å². The van der Waals surface area contributed by atoms with E-state index in [1.165, 1.54) is 10.8 Å². The number of nitrogens with zero attached hydrogens (tertiary/aromatic N) is 2. The molecule has 0 aliphatic rings. The third-order valence-corrected chi connectivity index (χ3v) is 4.37. The minimum absolute atomic E-state index is 0.183. The Morgan fingerprint density at radius 3 is 2.44 bits per heavy atom. The smallest absolute Gasteiger partial charge is 0.277 e. The highest BCUT2D eigenvalue weighted by molar-refractivity contribution is 6.36. The largest absolute Gasteiger partial charge is 0.497 e. The molecule has 0 saturated carbocycles. The molecular formula is C18H13Cl3N2O2. The maximum absolute atomic E-state index is 12.8. The molecule has 1 aromatic heterocycles. The number of rotatable bonds is 4. The summed E-state index contributed by atoms with van der Waals surface area (Å²) in [6, 6.07) is 12.3. The zero-order chi connectivity index (χ0) is 18.0. The Bertz CT molecular complexity index is 969. The molecule has 0 amide bonds. The van der Waals surface area contributed by atoms with Gasteiger partial charge in [0.15, 0.2) is 0 Å². The van der Waals surface area contributed by atoms with Crippen molar-refractivity contribution in [3.8, 4) is 17.0 Å². The van der Waals surface area contributed by atoms with Crippen LogP contribution in [0, 0.1) is 0 Å². The van der Waals surface area contributed by atoms with Gasteiger partial charge in [-0.3, -0.25) is 4.79 Å². The highest BCUT2D eigenvalue weighted by atomic mass is 35.5. The topological polar surface area (TPSA) is 44.1 Å². The van der Waals surface area contributed by atoms with E-state index < -0.39 is 0 Å². The minimum atomic E-state index is -0.288. The van der Waals surface area contributed by atoms with Gasteiger partial charge in [-0.1, -0.05) is 46.9 Å². The van der Waals surface area contributed by atoms with Crippen LogP contribution in [0.15, 0.2) is 53.5 Å². The second-order valence-corrected chi connectivity index (χ2v) is 6.55. The highest BCUT2D eigenvalue weighted by Gasteiger charge is 2.14. The van der Waals surface area contributed by atoms with Gasteiger partial charge in [0.1, 0.15) is 16.6 Å². The van der Waals surface area contributed by atoms with E-state index in [-0.39, 0.29) is 16.4 Å². The molecule has 4 nitrogen and oxygen atoms in total. The standard InChI is InChI=1S/C18H13Cl3N2O2/c1-25-13-5-2-11(3-6-13)9-23-10-16(21)22-17(18(23)24)14-7-4-12(19)8-15(14)20/h2-8,10H,9H2,1H3. The van der Waals surface area contributed by atoms with Gasteiger partial charge in [-0.2, -0.15) is 0 Å². The molecule has 3 aromatic rings. The van der Waals surface area contributed by atoms with E-state index >= 15 is 0 Å². The van der Waals surface area contributed by atoms with Gasteiger partial charge in [-0.25, -0.2) is 4.98 Å². The first-order chi connectivity index (χ1) is 12.0. The molecule has 2 aromatic carbocycles. The van der Waals surface area contributed by atoms with Crippen LogP contribution in [0.4, 0.5) is 0 Å². The summed E-state index contributed by atoms with van der Waals surface area (Å²) in [6.07, 6.45) is 1.50. The summed E-state index contributed by atoms with van der Waals surface area (Å²) in [5.41, 5.74) is 1.31. The normalized spacial score (nSPS) is 10.7. The third-order valence-electron chi connectivity index (χ3n) is 3.64. The summed E-state index contributed by atoms with van der Waals surface area (Å²) in [7, 11) is 1.60. The van der Waals surface area contributed by atoms with Crippen molar-refractivity contribution in [2.75, 3.05) is 7.11 Å². The lowest BCUT2D eigenvalue weighted by molar-refractivity contribution is 0.414. The van der Waals surface area contributed by atoms with E-state index in [1.54, 1.807) is 25.3 Å². The molecule has 0 bridgehead atoms. The molecule has 0 spiro atoms. The molecular weight excluding hydrogens is 383 g/mol. The lowest BCUT2D eigenvalue weighted by Crippen LogP contribution is -2.23. The molecule has 0 N–H and O–H groups in total. The van der Waals surface area contributed by atoms with Crippen molar-refractivity contribution in [1.82, 2.24) is 9.55 Å². The fraction of sp³-hybridized carbons (Fsp3) is 0.111. The Morgan fingerprint density at radius 2 is 1.80 bits per heavy atom. The van der Waals surface area contributed by atoms with Crippen LogP contribution in [0.3, 0.4) is 0 Å². The van der Waals surface area contributed by atoms with Crippen molar-refractivity contribution in [3.05, 3.63) is 79.8 Å². The third kappa shape index (κ3) is 3.98. The number of hydrogen-bond donors (Lipinski definition) is 0. The van der Waals surface area contributed by atoms with Crippen molar-refractivity contribution in [1.29, 1.82) is 0 Å². The fourth-order valence-electron chi connectivity index (χ4n) is 2.41. The molecule has 0 saturated heterocycles. The molecule has 0 atom stereocenters. The van der Waals surface area contributed by atoms with Gasteiger partial charge < -0.3 is 9.30 Å². The number of benzene rings is 2. The van der Waals surface area contributed by atoms with Crippen LogP contribution in [0.5, 0.6) is 5.75 Å². The number of methoxy groups -OCH3 is 1. The zero-order valence-electron chi connectivity index (χ0n) is 13.2. The van der Waals surface area contributed by atoms with Crippen molar-refractivity contribution in [3.63, 3.8) is 0 Å². The number of ether oxygens (including phenoxy) is 1. The molecule has 0 aliphatic carbocycles. The Labute approximate surface area is 159 Å². The molecule has 0 aliphatic heterocycles. The second-order valence-electron chi connectivity index (χ2n) is 5.32. The Kier molecular flexibility index (Phi) is 5.33. The van der Waals surface area contributed by atoms with Gasteiger partial charge >= 0.3 is 0 Å². The Morgan fingerprint density at radius 1 is 1.08 bits per heavy atom. The molecule has 7 heteroatoms. The van der Waals surface area contributed by atoms with E-state index in [0.29, 0.717) is 22.2 Å². The minimum Gasteiger partial charge on any atom is -0.497 e. The first-order valence-electron chi connectivity index (χ1n) is 7.33. The van der Waals surface area contributed by atoms with Crippen molar-refractivity contribution < 1.29 is 4.74 Å². The van der Waals surface area contributed by atoms with Crippen molar-refractivity contribution in [2.24, 2.45) is 0 Å². The fourth-order valence-corrected chi connectivity index (χ4v) is 3.11. The summed E-state index contributed by atoms with van der Waals surface area (Å²) in [5.74, 6) is 0.748. The lowest BCUT2D eigenvalue weighted by atomic mass is 10.1. The zero-order valence-corrected chi connectivity index (χ0v) is 15.4. The average Bonchev–Trinajstić information content (AvgIpc) is 2.59. The van der Waals surface area contributed by atoms with E-state index in [4.69, 9.17) is 39.5 Å². The molecule has 25 heavy (non-hydrogen) atoms. The number of hydrogen-bond acceptors (Lipinski definition) is 3. The molecule has 0 fully saturated rings. The molecule has 3 rings (SSSR count). The Hall–Kier alpha value is -2.01. The first kappa shape index (κ1) is 17.8. The van der Waals surface area contributed by atoms with Crippen LogP contribution < -0.4 is 10.3 Å². The van der Waals surface area contributed by atoms with E-state index in [9.17, 15) is 4.79 Å². The van der Waals surface area contributed by atoms with Gasteiger partial charge in [0.2, 0.25) is 0 Å². The average molecular weight is 396 g/mol. The maximum Gasteiger partial charge on any atom is 0.277 e. The van der Waals surface area contributed by atoms with Crippen LogP contribution >= 0.6 is 34.8 Å². The van der Waals surface area contributed by atoms with Crippen LogP contribution in [0.1, 0.15) is 5.56 Å². The lowest BCUT2D eigenvalue weighted by Gasteiger charge is -2.10. The van der Waals surface area contributed by atoms with Gasteiger partial charge in [0.25, 0.3) is 5.56 Å². The first-order valence-corrected chi connectivity index (χ1v) is 8.46. The number of halogens is 3. The van der Waals surface area contributed by atoms with Gasteiger partial charge in [0, 0.05) is 16.8 Å².